The summed E-state index contributed by atoms with van der Waals surface area (Å²) in [7, 11) is 3.65. The summed E-state index contributed by atoms with van der Waals surface area (Å²) in [6.07, 6.45) is 2.87. The van der Waals surface area contributed by atoms with Gasteiger partial charge in [-0.05, 0) is 31.4 Å². The molecule has 1 aromatic rings. The molecular weight excluding hydrogens is 260 g/mol. The second-order valence-corrected chi connectivity index (χ2v) is 4.89. The Morgan fingerprint density at radius 1 is 1.37 bits per heavy atom. The average Bonchev–Trinajstić information content (AvgIpc) is 2.42. The van der Waals surface area contributed by atoms with Gasteiger partial charge < -0.3 is 20.5 Å². The van der Waals surface area contributed by atoms with Crippen LogP contribution in [0.1, 0.15) is 24.8 Å². The van der Waals surface area contributed by atoms with Crippen molar-refractivity contribution in [3.8, 4) is 5.75 Å². The van der Waals surface area contributed by atoms with Crippen molar-refractivity contribution in [3.05, 3.63) is 23.8 Å². The molecule has 0 bridgehead atoms. The van der Waals surface area contributed by atoms with Crippen LogP contribution in [0.25, 0.3) is 0 Å². The van der Waals surface area contributed by atoms with Crippen molar-refractivity contribution in [2.45, 2.75) is 19.3 Å². The van der Waals surface area contributed by atoms with Crippen LogP contribution in [-0.2, 0) is 0 Å². The third-order valence-electron chi connectivity index (χ3n) is 3.03. The third kappa shape index (κ3) is 4.69. The summed E-state index contributed by atoms with van der Waals surface area (Å²) in [6, 6.07) is 5.69. The summed E-state index contributed by atoms with van der Waals surface area (Å²) in [5, 5.41) is 8.77. The van der Waals surface area contributed by atoms with Gasteiger partial charge in [0.25, 0.3) is 0 Å². The Kier molecular flexibility index (Phi) is 6.59. The lowest BCUT2D eigenvalue weighted by molar-refractivity contribution is 0.283. The Morgan fingerprint density at radius 3 is 2.68 bits per heavy atom. The Hall–Kier alpha value is -1.33. The third-order valence-corrected chi connectivity index (χ3v) is 3.25. The molecule has 1 aromatic carbocycles. The van der Waals surface area contributed by atoms with E-state index in [2.05, 4.69) is 4.90 Å². The fraction of sp³-hybridized carbons (Fsp3) is 0.500. The molecule has 0 aromatic heterocycles. The highest BCUT2D eigenvalue weighted by molar-refractivity contribution is 7.80. The minimum absolute atomic E-state index is 0.251. The van der Waals surface area contributed by atoms with Gasteiger partial charge in [-0.1, -0.05) is 12.2 Å². The molecule has 5 heteroatoms. The number of hydrogen-bond donors (Lipinski definition) is 2. The smallest absolute Gasteiger partial charge is 0.120 e. The fourth-order valence-corrected chi connectivity index (χ4v) is 2.09. The highest BCUT2D eigenvalue weighted by atomic mass is 32.1. The van der Waals surface area contributed by atoms with Crippen molar-refractivity contribution in [1.82, 2.24) is 0 Å². The second kappa shape index (κ2) is 7.96. The molecule has 0 heterocycles. The molecule has 4 nitrogen and oxygen atoms in total. The Morgan fingerprint density at radius 2 is 2.11 bits per heavy atom. The molecule has 0 fully saturated rings. The Balaban J connectivity index is 2.80. The van der Waals surface area contributed by atoms with E-state index in [4.69, 9.17) is 27.8 Å². The van der Waals surface area contributed by atoms with Gasteiger partial charge in [-0.3, -0.25) is 0 Å². The molecule has 0 atom stereocenters. The van der Waals surface area contributed by atoms with E-state index >= 15 is 0 Å². The fourth-order valence-electron chi connectivity index (χ4n) is 1.92. The zero-order chi connectivity index (χ0) is 14.3. The molecule has 0 aliphatic rings. The van der Waals surface area contributed by atoms with Crippen LogP contribution in [0.2, 0.25) is 0 Å². The lowest BCUT2D eigenvalue weighted by Crippen LogP contribution is -2.23. The van der Waals surface area contributed by atoms with Crippen LogP contribution in [0, 0.1) is 0 Å². The quantitative estimate of drug-likeness (QED) is 0.563. The number of anilines is 1. The number of hydrogen-bond acceptors (Lipinski definition) is 4. The number of benzene rings is 1. The molecule has 0 unspecified atom stereocenters. The summed E-state index contributed by atoms with van der Waals surface area (Å²) < 4.78 is 5.24. The van der Waals surface area contributed by atoms with Crippen molar-refractivity contribution in [2.75, 3.05) is 32.2 Å². The molecule has 106 valence electrons. The van der Waals surface area contributed by atoms with Crippen LogP contribution in [0.4, 0.5) is 5.69 Å². The van der Waals surface area contributed by atoms with E-state index in [1.54, 1.807) is 7.11 Å². The van der Waals surface area contributed by atoms with E-state index in [0.29, 0.717) is 4.99 Å². The monoisotopic (exact) mass is 282 g/mol. The molecular formula is C14H22N2O2S. The first-order valence-electron chi connectivity index (χ1n) is 6.40. The number of aliphatic hydroxyl groups excluding tert-OH is 1. The topological polar surface area (TPSA) is 58.7 Å². The summed E-state index contributed by atoms with van der Waals surface area (Å²) >= 11 is 5.08. The minimum atomic E-state index is 0.251. The zero-order valence-corrected chi connectivity index (χ0v) is 12.4. The van der Waals surface area contributed by atoms with Gasteiger partial charge in [0.05, 0.1) is 12.8 Å². The van der Waals surface area contributed by atoms with Gasteiger partial charge in [-0.25, -0.2) is 0 Å². The van der Waals surface area contributed by atoms with Crippen LogP contribution >= 0.6 is 12.2 Å². The van der Waals surface area contributed by atoms with Gasteiger partial charge in [-0.15, -0.1) is 0 Å². The predicted octanol–water partition coefficient (Wildman–Crippen LogP) is 1.93. The van der Waals surface area contributed by atoms with Crippen LogP contribution in [0.15, 0.2) is 18.2 Å². The summed E-state index contributed by atoms with van der Waals surface area (Å²) in [5.74, 6) is 0.789. The molecule has 0 radical (unpaired) electrons. The number of rotatable bonds is 8. The predicted molar refractivity (Wildman–Crippen MR) is 83.1 cm³/mol. The molecule has 0 spiro atoms. The van der Waals surface area contributed by atoms with Crippen LogP contribution in [0.5, 0.6) is 5.75 Å². The summed E-state index contributed by atoms with van der Waals surface area (Å²) in [6.45, 7) is 1.14. The van der Waals surface area contributed by atoms with Crippen molar-refractivity contribution < 1.29 is 9.84 Å². The number of thiocarbonyl (C=S) groups is 1. The molecule has 1 rings (SSSR count). The van der Waals surface area contributed by atoms with Crippen molar-refractivity contribution >= 4 is 22.9 Å². The number of ether oxygens (including phenoxy) is 1. The first kappa shape index (κ1) is 15.7. The normalized spacial score (nSPS) is 10.3. The van der Waals surface area contributed by atoms with Gasteiger partial charge in [0.1, 0.15) is 10.7 Å². The molecule has 0 amide bonds. The number of unbranched alkanes of at least 4 members (excludes halogenated alkanes) is 2. The Bertz CT molecular complexity index is 424. The number of aliphatic hydroxyl groups is 1. The van der Waals surface area contributed by atoms with Gasteiger partial charge in [0, 0.05) is 31.8 Å². The lowest BCUT2D eigenvalue weighted by Gasteiger charge is -2.22. The standard InChI is InChI=1S/C14H22N2O2S/c1-16(8-4-3-5-9-17)13-10-11(18-2)6-7-12(13)14(15)19/h6-7,10,17H,3-5,8-9H2,1-2H3,(H2,15,19). The van der Waals surface area contributed by atoms with E-state index in [-0.39, 0.29) is 6.61 Å². The molecule has 0 saturated heterocycles. The summed E-state index contributed by atoms with van der Waals surface area (Å²) in [4.78, 5) is 2.51. The molecule has 0 aliphatic heterocycles. The highest BCUT2D eigenvalue weighted by Crippen LogP contribution is 2.25. The van der Waals surface area contributed by atoms with E-state index < -0.39 is 0 Å². The first-order valence-corrected chi connectivity index (χ1v) is 6.80. The maximum Gasteiger partial charge on any atom is 0.120 e. The van der Waals surface area contributed by atoms with Crippen LogP contribution in [-0.4, -0.2) is 37.4 Å². The van der Waals surface area contributed by atoms with Crippen molar-refractivity contribution in [2.24, 2.45) is 5.73 Å². The second-order valence-electron chi connectivity index (χ2n) is 4.45. The Labute approximate surface area is 120 Å². The maximum atomic E-state index is 8.77. The molecule has 0 aliphatic carbocycles. The minimum Gasteiger partial charge on any atom is -0.497 e. The first-order chi connectivity index (χ1) is 9.10. The number of nitrogens with two attached hydrogens (primary N) is 1. The zero-order valence-electron chi connectivity index (χ0n) is 11.6. The number of methoxy groups -OCH3 is 1. The average molecular weight is 282 g/mol. The van der Waals surface area contributed by atoms with Crippen LogP contribution in [0.3, 0.4) is 0 Å². The van der Waals surface area contributed by atoms with Gasteiger partial charge in [0.15, 0.2) is 0 Å². The molecule has 0 saturated carbocycles. The molecule has 19 heavy (non-hydrogen) atoms. The van der Waals surface area contributed by atoms with Crippen LogP contribution < -0.4 is 15.4 Å². The maximum absolute atomic E-state index is 8.77. The van der Waals surface area contributed by atoms with Crippen molar-refractivity contribution in [1.29, 1.82) is 0 Å². The largest absolute Gasteiger partial charge is 0.497 e. The van der Waals surface area contributed by atoms with Gasteiger partial charge >= 0.3 is 0 Å². The lowest BCUT2D eigenvalue weighted by atomic mass is 10.1. The van der Waals surface area contributed by atoms with Gasteiger partial charge in [0.2, 0.25) is 0 Å². The molecule has 3 N–H and O–H groups in total. The van der Waals surface area contributed by atoms with E-state index in [0.717, 1.165) is 42.8 Å². The van der Waals surface area contributed by atoms with Gasteiger partial charge in [-0.2, -0.15) is 0 Å². The van der Waals surface area contributed by atoms with Crippen molar-refractivity contribution in [3.63, 3.8) is 0 Å². The number of nitrogens with zero attached hydrogens (tertiary/aromatic N) is 1. The highest BCUT2D eigenvalue weighted by Gasteiger charge is 2.11. The summed E-state index contributed by atoms with van der Waals surface area (Å²) in [5.41, 5.74) is 7.59. The van der Waals surface area contributed by atoms with E-state index in [1.165, 1.54) is 0 Å². The van der Waals surface area contributed by atoms with E-state index in [9.17, 15) is 0 Å². The van der Waals surface area contributed by atoms with E-state index in [1.807, 2.05) is 25.2 Å². The SMILES string of the molecule is COc1ccc(C(N)=S)c(N(C)CCCCCO)c1.